The lowest BCUT2D eigenvalue weighted by atomic mass is 10.4. The van der Waals surface area contributed by atoms with Gasteiger partial charge in [-0.3, -0.25) is 9.45 Å². The van der Waals surface area contributed by atoms with Gasteiger partial charge in [0.15, 0.2) is 5.44 Å². The van der Waals surface area contributed by atoms with Crippen LogP contribution >= 0.6 is 0 Å². The maximum absolute atomic E-state index is 10.5. The van der Waals surface area contributed by atoms with Crippen molar-refractivity contribution in [1.29, 1.82) is 0 Å². The third kappa shape index (κ3) is 5.51. The van der Waals surface area contributed by atoms with Crippen molar-refractivity contribution in [3.05, 3.63) is 0 Å². The Bertz CT molecular complexity index is 234. The van der Waals surface area contributed by atoms with E-state index in [0.717, 1.165) is 6.42 Å². The molecule has 7 heteroatoms. The first-order valence-corrected chi connectivity index (χ1v) is 5.89. The van der Waals surface area contributed by atoms with Crippen molar-refractivity contribution in [1.82, 2.24) is 4.90 Å². The van der Waals surface area contributed by atoms with E-state index < -0.39 is 15.6 Å². The first-order valence-electron chi connectivity index (χ1n) is 4.39. The van der Waals surface area contributed by atoms with Crippen LogP contribution in [-0.4, -0.2) is 59.8 Å². The summed E-state index contributed by atoms with van der Waals surface area (Å²) in [4.78, 5) is 1.57. The fourth-order valence-corrected chi connectivity index (χ4v) is 1.47. The molecule has 14 heavy (non-hydrogen) atoms. The van der Waals surface area contributed by atoms with E-state index in [4.69, 9.17) is 14.8 Å². The van der Waals surface area contributed by atoms with Crippen LogP contribution in [0.1, 0.15) is 13.3 Å². The average Bonchev–Trinajstić information content (AvgIpc) is 2.03. The quantitative estimate of drug-likeness (QED) is 0.477. The number of rotatable bonds is 7. The lowest BCUT2D eigenvalue weighted by molar-refractivity contribution is 0.136. The van der Waals surface area contributed by atoms with Crippen LogP contribution in [0.5, 0.6) is 0 Å². The molecule has 0 aliphatic carbocycles. The monoisotopic (exact) mass is 227 g/mol. The van der Waals surface area contributed by atoms with Gasteiger partial charge >= 0.3 is 0 Å². The second-order valence-corrected chi connectivity index (χ2v) is 4.57. The van der Waals surface area contributed by atoms with E-state index in [1.165, 1.54) is 0 Å². The Kier molecular flexibility index (Phi) is 6.21. The number of nitrogens with zero attached hydrogens (tertiary/aromatic N) is 1. The van der Waals surface area contributed by atoms with Gasteiger partial charge in [0.25, 0.3) is 10.1 Å². The van der Waals surface area contributed by atoms with Gasteiger partial charge in [-0.1, -0.05) is 6.92 Å². The van der Waals surface area contributed by atoms with Gasteiger partial charge in [0.2, 0.25) is 0 Å². The van der Waals surface area contributed by atoms with Gasteiger partial charge in [0.05, 0.1) is 6.61 Å². The van der Waals surface area contributed by atoms with Crippen molar-refractivity contribution < 1.29 is 23.2 Å². The van der Waals surface area contributed by atoms with Crippen LogP contribution in [0.4, 0.5) is 0 Å². The summed E-state index contributed by atoms with van der Waals surface area (Å²) in [6.45, 7) is 2.43. The van der Waals surface area contributed by atoms with Gasteiger partial charge in [-0.15, -0.1) is 0 Å². The highest BCUT2D eigenvalue weighted by Crippen LogP contribution is 1.99. The van der Waals surface area contributed by atoms with Gasteiger partial charge in [0.1, 0.15) is 0 Å². The van der Waals surface area contributed by atoms with Gasteiger partial charge < -0.3 is 10.2 Å². The topological polar surface area (TPSA) is 98.1 Å². The highest BCUT2D eigenvalue weighted by atomic mass is 32.2. The molecule has 3 N–H and O–H groups in total. The Hall–Kier alpha value is -0.210. The lowest BCUT2D eigenvalue weighted by Crippen LogP contribution is -2.38. The van der Waals surface area contributed by atoms with Crippen molar-refractivity contribution in [2.24, 2.45) is 0 Å². The molecule has 0 spiro atoms. The summed E-state index contributed by atoms with van der Waals surface area (Å²) in [5.41, 5.74) is -1.81. The molecule has 1 unspecified atom stereocenters. The van der Waals surface area contributed by atoms with Crippen LogP contribution in [0, 0.1) is 0 Å². The molecule has 0 fully saturated rings. The van der Waals surface area contributed by atoms with Gasteiger partial charge in [0, 0.05) is 13.1 Å². The third-order valence-corrected chi connectivity index (χ3v) is 2.55. The summed E-state index contributed by atoms with van der Waals surface area (Å²) in [5.74, 6) is 0. The molecule has 0 amide bonds. The molecule has 86 valence electrons. The summed E-state index contributed by atoms with van der Waals surface area (Å²) >= 11 is 0. The van der Waals surface area contributed by atoms with Gasteiger partial charge in [-0.05, 0) is 13.0 Å². The van der Waals surface area contributed by atoms with Gasteiger partial charge in [-0.2, -0.15) is 8.42 Å². The molecule has 6 nitrogen and oxygen atoms in total. The van der Waals surface area contributed by atoms with E-state index in [9.17, 15) is 8.42 Å². The molecule has 0 aromatic heterocycles. The standard InChI is InChI=1S/C7H17NO5S/c1-2-3-8(4-5-9)6-7(10)14(11,12)13/h7,9-10H,2-6H2,1H3,(H,11,12,13). The predicted molar refractivity (Wildman–Crippen MR) is 51.4 cm³/mol. The Balaban J connectivity index is 4.15. The second-order valence-electron chi connectivity index (χ2n) is 2.99. The van der Waals surface area contributed by atoms with E-state index in [1.54, 1.807) is 4.90 Å². The van der Waals surface area contributed by atoms with Crippen LogP contribution in [-0.2, 0) is 10.1 Å². The van der Waals surface area contributed by atoms with Crippen LogP contribution in [0.25, 0.3) is 0 Å². The van der Waals surface area contributed by atoms with Crippen molar-refractivity contribution in [3.63, 3.8) is 0 Å². The van der Waals surface area contributed by atoms with E-state index in [2.05, 4.69) is 0 Å². The van der Waals surface area contributed by atoms with E-state index in [0.29, 0.717) is 6.54 Å². The zero-order valence-electron chi connectivity index (χ0n) is 8.13. The van der Waals surface area contributed by atoms with E-state index in [-0.39, 0.29) is 19.7 Å². The Morgan fingerprint density at radius 1 is 1.36 bits per heavy atom. The Morgan fingerprint density at radius 3 is 2.29 bits per heavy atom. The first kappa shape index (κ1) is 13.8. The molecule has 0 saturated heterocycles. The van der Waals surface area contributed by atoms with Crippen LogP contribution in [0.2, 0.25) is 0 Å². The molecular weight excluding hydrogens is 210 g/mol. The predicted octanol–water partition coefficient (Wildman–Crippen LogP) is -1.10. The van der Waals surface area contributed by atoms with E-state index >= 15 is 0 Å². The van der Waals surface area contributed by atoms with Crippen LogP contribution in [0.15, 0.2) is 0 Å². The molecule has 0 bridgehead atoms. The number of hydrogen-bond donors (Lipinski definition) is 3. The summed E-state index contributed by atoms with van der Waals surface area (Å²) in [5, 5.41) is 17.7. The average molecular weight is 227 g/mol. The third-order valence-electron chi connectivity index (χ3n) is 1.71. The zero-order chi connectivity index (χ0) is 11.2. The summed E-state index contributed by atoms with van der Waals surface area (Å²) in [6.07, 6.45) is 0.776. The SMILES string of the molecule is CCCN(CCO)CC(O)S(=O)(=O)O. The molecule has 0 heterocycles. The minimum atomic E-state index is -4.40. The van der Waals surface area contributed by atoms with Crippen molar-refractivity contribution in [2.75, 3.05) is 26.2 Å². The van der Waals surface area contributed by atoms with Crippen molar-refractivity contribution in [3.8, 4) is 0 Å². The number of hydrogen-bond acceptors (Lipinski definition) is 5. The zero-order valence-corrected chi connectivity index (χ0v) is 8.94. The minimum Gasteiger partial charge on any atom is -0.395 e. The molecule has 0 saturated carbocycles. The number of aliphatic hydroxyl groups excluding tert-OH is 2. The van der Waals surface area contributed by atoms with Crippen LogP contribution in [0.3, 0.4) is 0 Å². The molecule has 0 radical (unpaired) electrons. The van der Waals surface area contributed by atoms with Crippen LogP contribution < -0.4 is 0 Å². The summed E-state index contributed by atoms with van der Waals surface area (Å²) in [7, 11) is -4.40. The Labute approximate surface area is 83.9 Å². The lowest BCUT2D eigenvalue weighted by Gasteiger charge is -2.22. The second kappa shape index (κ2) is 6.31. The minimum absolute atomic E-state index is 0.113. The molecular formula is C7H17NO5S. The van der Waals surface area contributed by atoms with Crippen molar-refractivity contribution >= 4 is 10.1 Å². The summed E-state index contributed by atoms with van der Waals surface area (Å²) < 4.78 is 29.5. The molecule has 0 aliphatic rings. The summed E-state index contributed by atoms with van der Waals surface area (Å²) in [6, 6.07) is 0. The van der Waals surface area contributed by atoms with E-state index in [1.807, 2.05) is 6.92 Å². The molecule has 0 aromatic rings. The highest BCUT2D eigenvalue weighted by Gasteiger charge is 2.22. The fraction of sp³-hybridized carbons (Fsp3) is 1.00. The van der Waals surface area contributed by atoms with Gasteiger partial charge in [-0.25, -0.2) is 0 Å². The molecule has 1 atom stereocenters. The Morgan fingerprint density at radius 2 is 1.93 bits per heavy atom. The largest absolute Gasteiger partial charge is 0.395 e. The molecule has 0 aliphatic heterocycles. The smallest absolute Gasteiger partial charge is 0.293 e. The maximum Gasteiger partial charge on any atom is 0.293 e. The van der Waals surface area contributed by atoms with Crippen molar-refractivity contribution in [2.45, 2.75) is 18.8 Å². The molecule has 0 rings (SSSR count). The maximum atomic E-state index is 10.5. The number of aliphatic hydroxyl groups is 2. The normalized spacial score (nSPS) is 14.6. The fourth-order valence-electron chi connectivity index (χ4n) is 1.07. The highest BCUT2D eigenvalue weighted by molar-refractivity contribution is 7.86. The first-order chi connectivity index (χ1) is 6.41. The molecule has 0 aromatic carbocycles.